The molecule has 2 rings (SSSR count). The van der Waals surface area contributed by atoms with Crippen LogP contribution in [0, 0.1) is 0 Å². The molecule has 1 aliphatic carbocycles. The molecule has 0 saturated heterocycles. The standard InChI is InChI=1S/C8H10N2O2S/c1-4-5(6(11)12)8(2-3-8)10-7(13)9-4/h2-3H2,1H3,(H,11,12)(H2,9,10,13). The maximum atomic E-state index is 10.9. The fraction of sp³-hybridized carbons (Fsp3) is 0.500. The second-order valence-electron chi connectivity index (χ2n) is 3.47. The molecule has 0 unspecified atom stereocenters. The van der Waals surface area contributed by atoms with E-state index in [0.29, 0.717) is 16.4 Å². The third-order valence-corrected chi connectivity index (χ3v) is 2.68. The predicted octanol–water partition coefficient (Wildman–Crippen LogP) is 0.355. The van der Waals surface area contributed by atoms with Gasteiger partial charge in [0.15, 0.2) is 5.11 Å². The van der Waals surface area contributed by atoms with Gasteiger partial charge in [-0.1, -0.05) is 0 Å². The topological polar surface area (TPSA) is 61.4 Å². The molecule has 1 heterocycles. The first kappa shape index (κ1) is 8.50. The van der Waals surface area contributed by atoms with Gasteiger partial charge in [-0.15, -0.1) is 0 Å². The minimum absolute atomic E-state index is 0.363. The zero-order chi connectivity index (χ0) is 9.64. The van der Waals surface area contributed by atoms with Gasteiger partial charge in [0.1, 0.15) is 0 Å². The highest BCUT2D eigenvalue weighted by Crippen LogP contribution is 2.44. The van der Waals surface area contributed by atoms with Gasteiger partial charge in [0.2, 0.25) is 0 Å². The number of carboxylic acids is 1. The zero-order valence-electron chi connectivity index (χ0n) is 7.18. The van der Waals surface area contributed by atoms with Gasteiger partial charge in [-0.2, -0.15) is 0 Å². The van der Waals surface area contributed by atoms with Gasteiger partial charge in [-0.05, 0) is 32.0 Å². The number of hydrogen-bond donors (Lipinski definition) is 3. The van der Waals surface area contributed by atoms with Crippen LogP contribution in [-0.4, -0.2) is 21.7 Å². The normalized spacial score (nSPS) is 23.9. The Hall–Kier alpha value is -1.10. The Morgan fingerprint density at radius 2 is 2.23 bits per heavy atom. The van der Waals surface area contributed by atoms with E-state index in [1.54, 1.807) is 6.92 Å². The van der Waals surface area contributed by atoms with Gasteiger partial charge in [-0.25, -0.2) is 4.79 Å². The molecule has 70 valence electrons. The SMILES string of the molecule is CC1=C(C(=O)O)C2(CC2)NC(=S)N1. The van der Waals surface area contributed by atoms with E-state index in [2.05, 4.69) is 10.6 Å². The molecule has 1 aliphatic heterocycles. The van der Waals surface area contributed by atoms with Crippen molar-refractivity contribution in [3.8, 4) is 0 Å². The second-order valence-corrected chi connectivity index (χ2v) is 3.87. The van der Waals surface area contributed by atoms with Crippen LogP contribution in [0.5, 0.6) is 0 Å². The van der Waals surface area contributed by atoms with Gasteiger partial charge in [0, 0.05) is 5.70 Å². The van der Waals surface area contributed by atoms with Crippen LogP contribution in [0.1, 0.15) is 19.8 Å². The lowest BCUT2D eigenvalue weighted by Gasteiger charge is -2.28. The molecule has 3 N–H and O–H groups in total. The molecule has 0 atom stereocenters. The highest BCUT2D eigenvalue weighted by atomic mass is 32.1. The van der Waals surface area contributed by atoms with Crippen molar-refractivity contribution in [2.45, 2.75) is 25.3 Å². The first-order valence-corrected chi connectivity index (χ1v) is 4.50. The van der Waals surface area contributed by atoms with Crippen molar-refractivity contribution in [2.75, 3.05) is 0 Å². The Morgan fingerprint density at radius 1 is 1.62 bits per heavy atom. The number of carboxylic acid groups (broad SMARTS) is 1. The van der Waals surface area contributed by atoms with Crippen LogP contribution >= 0.6 is 12.2 Å². The van der Waals surface area contributed by atoms with Gasteiger partial charge in [0.05, 0.1) is 11.1 Å². The zero-order valence-corrected chi connectivity index (χ0v) is 7.99. The quantitative estimate of drug-likeness (QED) is 0.531. The molecule has 0 amide bonds. The van der Waals surface area contributed by atoms with Crippen molar-refractivity contribution in [3.05, 3.63) is 11.3 Å². The van der Waals surface area contributed by atoms with Gasteiger partial charge in [0.25, 0.3) is 0 Å². The molecule has 0 radical (unpaired) electrons. The van der Waals surface area contributed by atoms with Crippen LogP contribution in [0.3, 0.4) is 0 Å². The maximum Gasteiger partial charge on any atom is 0.335 e. The molecule has 1 fully saturated rings. The third-order valence-electron chi connectivity index (χ3n) is 2.47. The molecule has 4 nitrogen and oxygen atoms in total. The lowest BCUT2D eigenvalue weighted by Crippen LogP contribution is -2.51. The first-order chi connectivity index (χ1) is 6.05. The summed E-state index contributed by atoms with van der Waals surface area (Å²) in [6, 6.07) is 0. The number of thiocarbonyl (C=S) groups is 1. The average molecular weight is 198 g/mol. The van der Waals surface area contributed by atoms with Crippen LogP contribution in [0.25, 0.3) is 0 Å². The van der Waals surface area contributed by atoms with Gasteiger partial charge in [-0.3, -0.25) is 0 Å². The fourth-order valence-electron chi connectivity index (χ4n) is 1.77. The summed E-state index contributed by atoms with van der Waals surface area (Å²) >= 11 is 4.96. The lowest BCUT2D eigenvalue weighted by atomic mass is 10.0. The van der Waals surface area contributed by atoms with Gasteiger partial charge >= 0.3 is 5.97 Å². The summed E-state index contributed by atoms with van der Waals surface area (Å²) in [7, 11) is 0. The first-order valence-electron chi connectivity index (χ1n) is 4.09. The van der Waals surface area contributed by atoms with Crippen LogP contribution in [-0.2, 0) is 4.79 Å². The fourth-order valence-corrected chi connectivity index (χ4v) is 2.12. The molecule has 5 heteroatoms. The average Bonchev–Trinajstić information content (AvgIpc) is 2.65. The number of carbonyl (C=O) groups is 1. The van der Waals surface area contributed by atoms with E-state index < -0.39 is 5.97 Å². The second kappa shape index (κ2) is 2.45. The monoisotopic (exact) mass is 198 g/mol. The van der Waals surface area contributed by atoms with E-state index in [-0.39, 0.29) is 5.54 Å². The molecule has 13 heavy (non-hydrogen) atoms. The molecule has 0 aromatic heterocycles. The van der Waals surface area contributed by atoms with Crippen molar-refractivity contribution in [2.24, 2.45) is 0 Å². The largest absolute Gasteiger partial charge is 0.478 e. The van der Waals surface area contributed by atoms with Crippen molar-refractivity contribution >= 4 is 23.3 Å². The number of rotatable bonds is 1. The van der Waals surface area contributed by atoms with Gasteiger partial charge < -0.3 is 15.7 Å². The summed E-state index contributed by atoms with van der Waals surface area (Å²) in [5.74, 6) is -0.863. The third kappa shape index (κ3) is 1.19. The molecular formula is C8H10N2O2S. The summed E-state index contributed by atoms with van der Waals surface area (Å²) in [4.78, 5) is 10.9. The smallest absolute Gasteiger partial charge is 0.335 e. The van der Waals surface area contributed by atoms with E-state index >= 15 is 0 Å². The highest BCUT2D eigenvalue weighted by molar-refractivity contribution is 7.80. The maximum absolute atomic E-state index is 10.9. The Bertz CT molecular complexity index is 331. The Morgan fingerprint density at radius 3 is 2.69 bits per heavy atom. The van der Waals surface area contributed by atoms with E-state index in [9.17, 15) is 4.79 Å². The van der Waals surface area contributed by atoms with Crippen molar-refractivity contribution < 1.29 is 9.90 Å². The summed E-state index contributed by atoms with van der Waals surface area (Å²) in [5, 5.41) is 15.4. The minimum atomic E-state index is -0.863. The number of hydrogen-bond acceptors (Lipinski definition) is 2. The number of aliphatic carboxylic acids is 1. The van der Waals surface area contributed by atoms with Crippen LogP contribution in [0.2, 0.25) is 0 Å². The summed E-state index contributed by atoms with van der Waals surface area (Å²) in [5.41, 5.74) is 0.730. The van der Waals surface area contributed by atoms with E-state index in [1.807, 2.05) is 0 Å². The van der Waals surface area contributed by atoms with Crippen LogP contribution in [0.4, 0.5) is 0 Å². The lowest BCUT2D eigenvalue weighted by molar-refractivity contribution is -0.133. The molecule has 1 spiro atoms. The van der Waals surface area contributed by atoms with Crippen LogP contribution in [0.15, 0.2) is 11.3 Å². The summed E-state index contributed by atoms with van der Waals surface area (Å²) < 4.78 is 0. The molecular weight excluding hydrogens is 188 g/mol. The summed E-state index contributed by atoms with van der Waals surface area (Å²) in [6.07, 6.45) is 1.71. The molecule has 1 saturated carbocycles. The highest BCUT2D eigenvalue weighted by Gasteiger charge is 2.52. The van der Waals surface area contributed by atoms with E-state index in [1.165, 1.54) is 0 Å². The molecule has 0 aromatic rings. The van der Waals surface area contributed by atoms with Crippen molar-refractivity contribution in [3.63, 3.8) is 0 Å². The number of nitrogens with one attached hydrogen (secondary N) is 2. The molecule has 0 aromatic carbocycles. The Kier molecular flexibility index (Phi) is 1.60. The van der Waals surface area contributed by atoms with Crippen molar-refractivity contribution in [1.29, 1.82) is 0 Å². The summed E-state index contributed by atoms with van der Waals surface area (Å²) in [6.45, 7) is 1.75. The Labute approximate surface area is 81.0 Å². The number of allylic oxidation sites excluding steroid dienone is 1. The van der Waals surface area contributed by atoms with E-state index in [4.69, 9.17) is 17.3 Å². The Balaban J connectivity index is 2.44. The predicted molar refractivity (Wildman–Crippen MR) is 51.2 cm³/mol. The molecule has 0 bridgehead atoms. The van der Waals surface area contributed by atoms with Crippen LogP contribution < -0.4 is 10.6 Å². The minimum Gasteiger partial charge on any atom is -0.478 e. The van der Waals surface area contributed by atoms with Crippen molar-refractivity contribution in [1.82, 2.24) is 10.6 Å². The molecule has 2 aliphatic rings. The van der Waals surface area contributed by atoms with E-state index in [0.717, 1.165) is 12.8 Å².